The molecule has 6 aromatic carbocycles. The van der Waals surface area contributed by atoms with Crippen molar-refractivity contribution in [3.63, 3.8) is 0 Å². The molecule has 0 bridgehead atoms. The zero-order valence-electron chi connectivity index (χ0n) is 35.4. The van der Waals surface area contributed by atoms with Crippen LogP contribution in [0.5, 0.6) is 11.5 Å². The largest absolute Gasteiger partial charge is 0.497 e. The average molecular weight is 922 g/mol. The molecule has 3 atom stereocenters. The molecular weight excluding hydrogens is 878 g/mol. The molecule has 1 amide bonds. The first-order valence-electron chi connectivity index (χ1n) is 20.8. The summed E-state index contributed by atoms with van der Waals surface area (Å²) >= 11 is 2.40. The second kappa shape index (κ2) is 19.9. The predicted molar refractivity (Wildman–Crippen MR) is 254 cm³/mol. The number of methoxy groups -OCH3 is 2. The second-order valence-electron chi connectivity index (χ2n) is 14.9. The number of fused-ring (bicyclic) bond motifs is 1. The number of anilines is 1. The number of rotatable bonds is 17. The van der Waals surface area contributed by atoms with Crippen LogP contribution in [0.1, 0.15) is 39.7 Å². The summed E-state index contributed by atoms with van der Waals surface area (Å²) in [4.78, 5) is 28.5. The van der Waals surface area contributed by atoms with Crippen LogP contribution in [-0.4, -0.2) is 58.5 Å². The molecule has 1 saturated heterocycles. The Kier molecular flexibility index (Phi) is 13.4. The lowest BCUT2D eigenvalue weighted by Crippen LogP contribution is -2.38. The summed E-state index contributed by atoms with van der Waals surface area (Å²) in [6, 6.07) is 53.7. The summed E-state index contributed by atoms with van der Waals surface area (Å²) in [5.41, 5.74) is 2.67. The van der Waals surface area contributed by atoms with Gasteiger partial charge in [0.05, 0.1) is 33.3 Å². The Balaban J connectivity index is 1.11. The summed E-state index contributed by atoms with van der Waals surface area (Å²) in [5, 5.41) is 2.89. The molecule has 9 rings (SSSR count). The Morgan fingerprint density at radius 1 is 0.708 bits per heavy atom. The molecule has 2 aromatic heterocycles. The van der Waals surface area contributed by atoms with Gasteiger partial charge in [-0.1, -0.05) is 109 Å². The minimum atomic E-state index is -3.64. The van der Waals surface area contributed by atoms with Crippen molar-refractivity contribution in [2.75, 3.05) is 26.1 Å². The Hall–Kier alpha value is -6.25. The molecule has 328 valence electrons. The zero-order valence-corrected chi connectivity index (χ0v) is 37.9. The third-order valence-electron chi connectivity index (χ3n) is 10.9. The minimum Gasteiger partial charge on any atom is -0.497 e. The van der Waals surface area contributed by atoms with Crippen LogP contribution in [0.3, 0.4) is 0 Å². The second-order valence-corrected chi connectivity index (χ2v) is 22.0. The van der Waals surface area contributed by atoms with E-state index in [0.29, 0.717) is 28.2 Å². The summed E-state index contributed by atoms with van der Waals surface area (Å²) in [6.45, 7) is 0.000123. The molecule has 0 radical (unpaired) electrons. The van der Waals surface area contributed by atoms with E-state index in [4.69, 9.17) is 23.5 Å². The first kappa shape index (κ1) is 44.0. The first-order chi connectivity index (χ1) is 31.8. The normalized spacial score (nSPS) is 16.3. The van der Waals surface area contributed by atoms with Gasteiger partial charge in [0.1, 0.15) is 35.8 Å². The number of carbonyl (C=O) groups excluding carboxylic acids is 1. The van der Waals surface area contributed by atoms with Crippen LogP contribution in [0.4, 0.5) is 5.82 Å². The quantitative estimate of drug-likeness (QED) is 0.0688. The van der Waals surface area contributed by atoms with Crippen molar-refractivity contribution in [3.05, 3.63) is 205 Å². The fourth-order valence-corrected chi connectivity index (χ4v) is 14.7. The third kappa shape index (κ3) is 9.74. The Labute approximate surface area is 384 Å². The van der Waals surface area contributed by atoms with Crippen molar-refractivity contribution in [2.24, 2.45) is 0 Å². The number of nitrogens with zero attached hydrogens (tertiary/aromatic N) is 4. The Bertz CT molecular complexity index is 2790. The van der Waals surface area contributed by atoms with Crippen LogP contribution in [0.2, 0.25) is 0 Å². The molecule has 15 heteroatoms. The summed E-state index contributed by atoms with van der Waals surface area (Å²) in [7, 11) is 3.27. The van der Waals surface area contributed by atoms with E-state index in [-0.39, 0.29) is 24.8 Å². The van der Waals surface area contributed by atoms with Gasteiger partial charge in [-0.05, 0) is 100 Å². The molecular formula is C50H44N5O7PS2. The number of hydrogen-bond acceptors (Lipinski definition) is 12. The number of amides is 1. The van der Waals surface area contributed by atoms with Crippen molar-refractivity contribution in [1.82, 2.24) is 19.5 Å². The van der Waals surface area contributed by atoms with E-state index in [0.717, 1.165) is 26.5 Å². The molecule has 0 spiro atoms. The maximum atomic E-state index is 15.4. The number of carbonyl (C=O) groups is 1. The van der Waals surface area contributed by atoms with E-state index in [9.17, 15) is 4.79 Å². The van der Waals surface area contributed by atoms with E-state index >= 15 is 4.57 Å². The van der Waals surface area contributed by atoms with E-state index in [1.807, 2.05) is 146 Å². The average Bonchev–Trinajstić information content (AvgIpc) is 3.97. The standard InChI is InChI=1S/C50H44N5O7PS2/c1-58-39-27-23-37(24-28-39)50(36-17-9-4-10-18-36,38-25-29-40(59-2)30-26-38)60-32-44-43(62-63(57,64-41-19-11-5-12-20-41)65-42-21-13-6-14-22-42)31-45(61-44)55-34-53-46-47(51-33-52-48(46)55)54-49(56)35-15-7-3-8-16-35/h3-30,33-34,43-45H,31-32H2,1-2H3,(H,51,52,54,56)/t43-,44+,45+/m0/s1. The molecule has 1 N–H and O–H groups in total. The van der Waals surface area contributed by atoms with Gasteiger partial charge in [-0.2, -0.15) is 0 Å². The van der Waals surface area contributed by atoms with E-state index < -0.39 is 29.8 Å². The number of nitrogens with one attached hydrogen (secondary N) is 1. The molecule has 3 heterocycles. The minimum absolute atomic E-state index is 0.000123. The predicted octanol–water partition coefficient (Wildman–Crippen LogP) is 11.5. The topological polar surface area (TPSA) is 136 Å². The van der Waals surface area contributed by atoms with Gasteiger partial charge in [0.15, 0.2) is 17.0 Å². The van der Waals surface area contributed by atoms with Crippen molar-refractivity contribution >= 4 is 51.4 Å². The molecule has 1 fully saturated rings. The van der Waals surface area contributed by atoms with Gasteiger partial charge in [0.2, 0.25) is 0 Å². The van der Waals surface area contributed by atoms with Gasteiger partial charge >= 0.3 is 5.77 Å². The van der Waals surface area contributed by atoms with Crippen LogP contribution in [0.25, 0.3) is 11.2 Å². The van der Waals surface area contributed by atoms with E-state index in [2.05, 4.69) is 20.3 Å². The van der Waals surface area contributed by atoms with Crippen molar-refractivity contribution in [3.8, 4) is 11.5 Å². The SMILES string of the molecule is COc1ccc(C(OC[C@H]2O[C@@H](n3cnc4c(NC(=O)c5ccccc5)ncnc43)C[C@@H]2OP(=O)(Sc2ccccc2)Sc2ccccc2)(c2ccccc2)c2ccc(OC)cc2)cc1. The molecule has 0 saturated carbocycles. The van der Waals surface area contributed by atoms with Crippen molar-refractivity contribution in [1.29, 1.82) is 0 Å². The number of benzene rings is 6. The zero-order chi connectivity index (χ0) is 44.6. The van der Waals surface area contributed by atoms with E-state index in [1.165, 1.54) is 29.1 Å². The summed E-state index contributed by atoms with van der Waals surface area (Å²) in [6.07, 6.45) is 1.03. The molecule has 12 nitrogen and oxygen atoms in total. The summed E-state index contributed by atoms with van der Waals surface area (Å²) < 4.78 is 49.7. The van der Waals surface area contributed by atoms with Crippen molar-refractivity contribution < 1.29 is 32.8 Å². The van der Waals surface area contributed by atoms with E-state index in [1.54, 1.807) is 49.4 Å². The van der Waals surface area contributed by atoms with Crippen molar-refractivity contribution in [2.45, 2.75) is 40.2 Å². The third-order valence-corrected chi connectivity index (χ3v) is 17.3. The fourth-order valence-electron chi connectivity index (χ4n) is 7.79. The summed E-state index contributed by atoms with van der Waals surface area (Å²) in [5.74, 6) is -2.32. The first-order valence-corrected chi connectivity index (χ1v) is 25.3. The smallest absolute Gasteiger partial charge is 0.322 e. The number of hydrogen-bond donors (Lipinski definition) is 1. The highest BCUT2D eigenvalue weighted by Crippen LogP contribution is 2.75. The number of imidazole rings is 1. The Morgan fingerprint density at radius 3 is 1.78 bits per heavy atom. The highest BCUT2D eigenvalue weighted by Gasteiger charge is 2.46. The highest BCUT2D eigenvalue weighted by atomic mass is 33.1. The van der Waals surface area contributed by atoms with Gasteiger partial charge in [-0.15, -0.1) is 0 Å². The lowest BCUT2D eigenvalue weighted by Gasteiger charge is -2.37. The van der Waals surface area contributed by atoms with Gasteiger partial charge in [0.25, 0.3) is 5.91 Å². The molecule has 0 unspecified atom stereocenters. The monoisotopic (exact) mass is 921 g/mol. The number of aromatic nitrogens is 4. The molecule has 0 aliphatic carbocycles. The fraction of sp³-hybridized carbons (Fsp3) is 0.160. The highest BCUT2D eigenvalue weighted by molar-refractivity contribution is 8.89. The maximum Gasteiger partial charge on any atom is 0.322 e. The molecule has 1 aliphatic heterocycles. The van der Waals surface area contributed by atoms with Gasteiger partial charge in [0, 0.05) is 21.8 Å². The maximum absolute atomic E-state index is 15.4. The lowest BCUT2D eigenvalue weighted by molar-refractivity contribution is -0.0895. The van der Waals surface area contributed by atoms with Crippen LogP contribution in [0.15, 0.2) is 192 Å². The van der Waals surface area contributed by atoms with Crippen LogP contribution < -0.4 is 14.8 Å². The lowest BCUT2D eigenvalue weighted by atomic mass is 9.80. The van der Waals surface area contributed by atoms with Gasteiger partial charge in [-0.3, -0.25) is 13.9 Å². The van der Waals surface area contributed by atoms with Crippen LogP contribution >= 0.6 is 28.5 Å². The van der Waals surface area contributed by atoms with Crippen LogP contribution in [-0.2, 0) is 24.2 Å². The molecule has 8 aromatic rings. The number of ether oxygens (including phenoxy) is 4. The Morgan fingerprint density at radius 2 is 1.23 bits per heavy atom. The molecule has 1 aliphatic rings. The molecule has 65 heavy (non-hydrogen) atoms. The van der Waals surface area contributed by atoms with Gasteiger partial charge < -0.3 is 28.8 Å². The van der Waals surface area contributed by atoms with Crippen LogP contribution in [0, 0.1) is 0 Å². The van der Waals surface area contributed by atoms with Gasteiger partial charge in [-0.25, -0.2) is 15.0 Å².